The lowest BCUT2D eigenvalue weighted by molar-refractivity contribution is -0.577. The molecule has 0 rings (SSSR count). The summed E-state index contributed by atoms with van der Waals surface area (Å²) < 4.78 is 301. The second kappa shape index (κ2) is 9.65. The maximum Gasteiger partial charge on any atom is 0.462 e. The van der Waals surface area contributed by atoms with Gasteiger partial charge in [-0.1, -0.05) is 0 Å². The molecule has 5 nitrogen and oxygen atoms in total. The van der Waals surface area contributed by atoms with Gasteiger partial charge in [-0.2, -0.15) is 101 Å². The Kier molecular flexibility index (Phi) is 9.10. The van der Waals surface area contributed by atoms with E-state index in [-0.39, 0.29) is 0 Å². The molecule has 0 aliphatic rings. The molecule has 28 heteroatoms. The van der Waals surface area contributed by atoms with Crippen LogP contribution in [0, 0.1) is 0 Å². The molecule has 0 bridgehead atoms. The average molecular weight is 661 g/mol. The van der Waals surface area contributed by atoms with Crippen molar-refractivity contribution in [3.8, 4) is 0 Å². The molecule has 0 saturated heterocycles. The highest BCUT2D eigenvalue weighted by molar-refractivity contribution is 5.82. The van der Waals surface area contributed by atoms with Gasteiger partial charge in [0.05, 0.1) is 0 Å². The van der Waals surface area contributed by atoms with Gasteiger partial charge in [0.15, 0.2) is 0 Å². The second-order valence-corrected chi connectivity index (χ2v) is 6.57. The third-order valence-corrected chi connectivity index (χ3v) is 3.69. The second-order valence-electron chi connectivity index (χ2n) is 6.57. The van der Waals surface area contributed by atoms with Gasteiger partial charge in [0.25, 0.3) is 5.91 Å². The Morgan fingerprint density at radius 3 is 0.900 bits per heavy atom. The lowest BCUT2D eigenvalue weighted by Crippen LogP contribution is -2.71. The fourth-order valence-electron chi connectivity index (χ4n) is 1.70. The molecule has 0 unspecified atom stereocenters. The third kappa shape index (κ3) is 6.01. The molecule has 0 aromatic heterocycles. The van der Waals surface area contributed by atoms with Crippen LogP contribution in [0.3, 0.4) is 0 Å². The Balaban J connectivity index is 7.24. The number of primary amides is 1. The van der Waals surface area contributed by atoms with Crippen molar-refractivity contribution in [3.05, 3.63) is 0 Å². The summed E-state index contributed by atoms with van der Waals surface area (Å²) >= 11 is 0. The number of rotatable bonds is 10. The monoisotopic (exact) mass is 661 g/mol. The highest BCUT2D eigenvalue weighted by Gasteiger charge is 2.88. The van der Waals surface area contributed by atoms with Gasteiger partial charge < -0.3 is 5.73 Å². The van der Waals surface area contributed by atoms with Gasteiger partial charge in [-0.25, -0.2) is 0 Å². The average Bonchev–Trinajstić information content (AvgIpc) is 2.62. The van der Waals surface area contributed by atoms with Crippen LogP contribution in [0.2, 0.25) is 0 Å². The van der Waals surface area contributed by atoms with Gasteiger partial charge in [-0.05, 0) is 0 Å². The molecule has 0 aromatic carbocycles. The van der Waals surface area contributed by atoms with E-state index in [0.29, 0.717) is 0 Å². The van der Waals surface area contributed by atoms with Gasteiger partial charge in [0.1, 0.15) is 0 Å². The third-order valence-electron chi connectivity index (χ3n) is 3.69. The van der Waals surface area contributed by atoms with Crippen LogP contribution in [-0.4, -0.2) is 72.4 Å². The van der Waals surface area contributed by atoms with Crippen molar-refractivity contribution in [1.29, 1.82) is 0 Å². The minimum absolute atomic E-state index is 0.993. The van der Waals surface area contributed by atoms with E-state index in [0.717, 1.165) is 9.47 Å². The molecule has 0 aromatic rings. The van der Waals surface area contributed by atoms with E-state index in [1.165, 1.54) is 4.74 Å². The zero-order valence-electron chi connectivity index (χ0n) is 16.9. The number of hydrogen-bond donors (Lipinski definition) is 1. The fourth-order valence-corrected chi connectivity index (χ4v) is 1.70. The Bertz CT molecular complexity index is 934. The number of alkyl halides is 23. The first-order valence-electron chi connectivity index (χ1n) is 8.06. The normalized spacial score (nSPS) is 20.0. The molecule has 0 spiro atoms. The molecule has 0 fully saturated rings. The van der Waals surface area contributed by atoms with Crippen LogP contribution in [0.4, 0.5) is 101 Å². The lowest BCUT2D eigenvalue weighted by Gasteiger charge is -2.42. The van der Waals surface area contributed by atoms with Crippen LogP contribution < -0.4 is 5.73 Å². The maximum atomic E-state index is 14.0. The maximum absolute atomic E-state index is 14.0. The van der Waals surface area contributed by atoms with Crippen molar-refractivity contribution in [1.82, 2.24) is 0 Å². The first kappa shape index (κ1) is 37.7. The highest BCUT2D eigenvalue weighted by Crippen LogP contribution is 2.59. The highest BCUT2D eigenvalue weighted by atomic mass is 19.4. The predicted octanol–water partition coefficient (Wildman–Crippen LogP) is 6.18. The molecular weight excluding hydrogens is 659 g/mol. The summed E-state index contributed by atoms with van der Waals surface area (Å²) in [6.45, 7) is 0. The van der Waals surface area contributed by atoms with E-state index >= 15 is 0 Å². The van der Waals surface area contributed by atoms with Crippen molar-refractivity contribution in [2.24, 2.45) is 5.73 Å². The number of carbonyl (C=O) groups is 1. The molecule has 40 heavy (non-hydrogen) atoms. The quantitative estimate of drug-likeness (QED) is 0.284. The first-order chi connectivity index (χ1) is 16.8. The smallest absolute Gasteiger partial charge is 0.364 e. The fraction of sp³-hybridized carbons (Fsp3) is 0.917. The summed E-state index contributed by atoms with van der Waals surface area (Å²) in [5, 5.41) is 0. The standard InChI is InChI=1S/C12H2F23NO4/c13-2(1(36)37,6(18,19)20)38-11(32,33)4(16,8(24,25)26)40-12(34,35)5(17,9(27,28)29)39-10(30,31)3(14,15)7(21,22)23/h(H2,36,37)/t2-,4+,5+/m1/s1. The topological polar surface area (TPSA) is 70.8 Å². The van der Waals surface area contributed by atoms with Gasteiger partial charge >= 0.3 is 66.5 Å². The number of halogens is 23. The molecule has 3 atom stereocenters. The molecule has 0 aliphatic heterocycles. The molecule has 0 radical (unpaired) electrons. The molecule has 1 amide bonds. The zero-order chi connectivity index (χ0) is 33.2. The molecule has 240 valence electrons. The van der Waals surface area contributed by atoms with Crippen LogP contribution >= 0.6 is 0 Å². The largest absolute Gasteiger partial charge is 0.462 e. The van der Waals surface area contributed by atoms with Gasteiger partial charge in [-0.15, -0.1) is 0 Å². The minimum Gasteiger partial charge on any atom is -0.364 e. The summed E-state index contributed by atoms with van der Waals surface area (Å²) in [5.41, 5.74) is 3.56. The van der Waals surface area contributed by atoms with Crippen LogP contribution in [-0.2, 0) is 19.0 Å². The van der Waals surface area contributed by atoms with Crippen LogP contribution in [0.1, 0.15) is 0 Å². The predicted molar refractivity (Wildman–Crippen MR) is 68.0 cm³/mol. The number of ether oxygens (including phenoxy) is 3. The summed E-state index contributed by atoms with van der Waals surface area (Å²) in [5.74, 6) is -36.6. The molecule has 0 aliphatic carbocycles. The van der Waals surface area contributed by atoms with Crippen molar-refractivity contribution in [3.63, 3.8) is 0 Å². The summed E-state index contributed by atoms with van der Waals surface area (Å²) in [6.07, 6.45) is -57.5. The van der Waals surface area contributed by atoms with E-state index in [9.17, 15) is 106 Å². The zero-order valence-corrected chi connectivity index (χ0v) is 16.9. The van der Waals surface area contributed by atoms with E-state index in [1.54, 1.807) is 0 Å². The Morgan fingerprint density at radius 1 is 0.400 bits per heavy atom. The van der Waals surface area contributed by atoms with Gasteiger partial charge in [0, 0.05) is 0 Å². The summed E-state index contributed by atoms with van der Waals surface area (Å²) in [7, 11) is 0. The lowest BCUT2D eigenvalue weighted by atomic mass is 10.2. The van der Waals surface area contributed by atoms with Crippen molar-refractivity contribution in [2.45, 2.75) is 66.5 Å². The van der Waals surface area contributed by atoms with E-state index in [2.05, 4.69) is 5.73 Å². The van der Waals surface area contributed by atoms with Crippen LogP contribution in [0.25, 0.3) is 0 Å². The van der Waals surface area contributed by atoms with Crippen molar-refractivity contribution < 1.29 is 120 Å². The van der Waals surface area contributed by atoms with E-state index < -0.39 is 72.4 Å². The molecular formula is C12H2F23NO4. The molecule has 0 saturated carbocycles. The van der Waals surface area contributed by atoms with Gasteiger partial charge in [-0.3, -0.25) is 19.0 Å². The first-order valence-corrected chi connectivity index (χ1v) is 8.06. The Hall–Kier alpha value is -2.26. The SMILES string of the molecule is NC(=O)[C@@](F)(OC(F)(F)[C@@](F)(OC(F)(F)[C@@](F)(OC(F)(F)C(F)(F)C(F)(F)F)C(F)(F)F)C(F)(F)F)C(F)(F)F. The van der Waals surface area contributed by atoms with E-state index in [1.807, 2.05) is 0 Å². The summed E-state index contributed by atoms with van der Waals surface area (Å²) in [6, 6.07) is 0. The molecule has 0 heterocycles. The number of hydrogen-bond acceptors (Lipinski definition) is 4. The van der Waals surface area contributed by atoms with Gasteiger partial charge in [0.2, 0.25) is 0 Å². The minimum atomic E-state index is -8.74. The Labute approximate surface area is 199 Å². The van der Waals surface area contributed by atoms with Crippen molar-refractivity contribution in [2.75, 3.05) is 0 Å². The molecule has 2 N–H and O–H groups in total. The van der Waals surface area contributed by atoms with Crippen LogP contribution in [0.5, 0.6) is 0 Å². The Morgan fingerprint density at radius 2 is 0.675 bits per heavy atom. The number of nitrogens with two attached hydrogens (primary N) is 1. The summed E-state index contributed by atoms with van der Waals surface area (Å²) in [4.78, 5) is 10.4. The van der Waals surface area contributed by atoms with E-state index in [4.69, 9.17) is 0 Å². The van der Waals surface area contributed by atoms with Crippen LogP contribution in [0.15, 0.2) is 0 Å². The number of carbonyl (C=O) groups excluding carboxylic acids is 1. The number of amides is 1. The van der Waals surface area contributed by atoms with Crippen molar-refractivity contribution >= 4 is 5.91 Å².